The number of pyridine rings is 1. The van der Waals surface area contributed by atoms with Gasteiger partial charge in [0.25, 0.3) is 0 Å². The van der Waals surface area contributed by atoms with E-state index in [9.17, 15) is 9.59 Å². The van der Waals surface area contributed by atoms with Gasteiger partial charge in [-0.25, -0.2) is 19.6 Å². The van der Waals surface area contributed by atoms with E-state index in [1.807, 2.05) is 18.2 Å². The molecule has 0 saturated carbocycles. The molecule has 4 aromatic rings. The second kappa shape index (κ2) is 13.4. The van der Waals surface area contributed by atoms with Crippen LogP contribution in [0.15, 0.2) is 60.8 Å². The number of aliphatic carboxylic acids is 2. The van der Waals surface area contributed by atoms with Crippen molar-refractivity contribution in [2.24, 2.45) is 0 Å². The van der Waals surface area contributed by atoms with Crippen LogP contribution >= 0.6 is 11.3 Å². The van der Waals surface area contributed by atoms with Crippen molar-refractivity contribution in [2.75, 3.05) is 6.61 Å². The third kappa shape index (κ3) is 7.75. The summed E-state index contributed by atoms with van der Waals surface area (Å²) >= 11 is 1.76. The molecule has 8 nitrogen and oxygen atoms in total. The summed E-state index contributed by atoms with van der Waals surface area (Å²) in [5.41, 5.74) is 5.35. The molecule has 3 heterocycles. The van der Waals surface area contributed by atoms with Crippen LogP contribution in [0.25, 0.3) is 16.9 Å². The highest BCUT2D eigenvalue weighted by Crippen LogP contribution is 2.30. The molecule has 9 heteroatoms. The fourth-order valence-corrected chi connectivity index (χ4v) is 4.70. The van der Waals surface area contributed by atoms with E-state index >= 15 is 0 Å². The molecule has 0 amide bonds. The second-order valence-electron chi connectivity index (χ2n) is 8.33. The molecular formula is C28H31N3O5S. The maximum atomic E-state index is 9.55. The van der Waals surface area contributed by atoms with Crippen molar-refractivity contribution >= 4 is 28.9 Å². The van der Waals surface area contributed by atoms with E-state index in [2.05, 4.69) is 55.6 Å². The number of carbonyl (C=O) groups is 2. The number of imidazole rings is 1. The topological polar surface area (TPSA) is 114 Å². The normalized spacial score (nSPS) is 10.9. The smallest absolute Gasteiger partial charge is 0.328 e. The fraction of sp³-hybridized carbons (Fsp3) is 0.286. The molecule has 0 saturated heterocycles. The number of aromatic nitrogens is 3. The molecule has 0 aliphatic heterocycles. The molecule has 4 rings (SSSR count). The summed E-state index contributed by atoms with van der Waals surface area (Å²) in [6, 6.07) is 14.4. The van der Waals surface area contributed by atoms with E-state index in [0.717, 1.165) is 47.2 Å². The average molecular weight is 522 g/mol. The van der Waals surface area contributed by atoms with Gasteiger partial charge in [0.05, 0.1) is 28.7 Å². The van der Waals surface area contributed by atoms with Crippen LogP contribution < -0.4 is 4.74 Å². The number of benzene rings is 1. The Labute approximate surface area is 219 Å². The standard InChI is InChI=1S/C24H27N3OS.C4H4O4/c1-4-5-9-15-28-21-13-10-14-27-20(17(2)25-24(21)27)16-22-26-23(18(3)29-22)19-11-7-6-8-12-19;5-3(6)1-2-4(7)8/h6-8,10-14H,4-5,9,15-16H2,1-3H3;1-2H,(H,5,6)(H,7,8)/b;2-1+. The van der Waals surface area contributed by atoms with Gasteiger partial charge in [-0.1, -0.05) is 50.1 Å². The van der Waals surface area contributed by atoms with Gasteiger partial charge in [-0.3, -0.25) is 0 Å². The minimum Gasteiger partial charge on any atom is -0.490 e. The molecule has 0 radical (unpaired) electrons. The number of fused-ring (bicyclic) bond motifs is 1. The zero-order chi connectivity index (χ0) is 26.8. The minimum absolute atomic E-state index is 0.558. The summed E-state index contributed by atoms with van der Waals surface area (Å²) in [6.45, 7) is 7.16. The number of ether oxygens (including phenoxy) is 1. The molecule has 37 heavy (non-hydrogen) atoms. The molecule has 2 N–H and O–H groups in total. The number of thiazole rings is 1. The molecular weight excluding hydrogens is 490 g/mol. The summed E-state index contributed by atoms with van der Waals surface area (Å²) in [4.78, 5) is 30.1. The lowest BCUT2D eigenvalue weighted by atomic mass is 10.1. The lowest BCUT2D eigenvalue weighted by Crippen LogP contribution is -2.00. The predicted octanol–water partition coefficient (Wildman–Crippen LogP) is 5.95. The third-order valence-electron chi connectivity index (χ3n) is 5.49. The predicted molar refractivity (Wildman–Crippen MR) is 144 cm³/mol. The van der Waals surface area contributed by atoms with Crippen molar-refractivity contribution in [3.05, 3.63) is 82.1 Å². The van der Waals surface area contributed by atoms with Gasteiger partial charge >= 0.3 is 11.9 Å². The minimum atomic E-state index is -1.26. The largest absolute Gasteiger partial charge is 0.490 e. The van der Waals surface area contributed by atoms with Gasteiger partial charge in [0.15, 0.2) is 11.4 Å². The Morgan fingerprint density at radius 2 is 1.70 bits per heavy atom. The summed E-state index contributed by atoms with van der Waals surface area (Å²) in [5.74, 6) is -1.65. The lowest BCUT2D eigenvalue weighted by molar-refractivity contribution is -0.134. The quantitative estimate of drug-likeness (QED) is 0.196. The zero-order valence-electron chi connectivity index (χ0n) is 21.2. The molecule has 0 aliphatic carbocycles. The second-order valence-corrected chi connectivity index (χ2v) is 9.62. The number of carboxylic acid groups (broad SMARTS) is 2. The maximum absolute atomic E-state index is 9.55. The molecule has 3 aromatic heterocycles. The van der Waals surface area contributed by atoms with Crippen molar-refractivity contribution < 1.29 is 24.5 Å². The molecule has 0 spiro atoms. The molecule has 0 fully saturated rings. The number of hydrogen-bond donors (Lipinski definition) is 2. The van der Waals surface area contributed by atoms with Crippen molar-refractivity contribution in [3.8, 4) is 17.0 Å². The third-order valence-corrected chi connectivity index (χ3v) is 6.46. The highest BCUT2D eigenvalue weighted by Gasteiger charge is 2.16. The van der Waals surface area contributed by atoms with Crippen molar-refractivity contribution in [1.82, 2.24) is 14.4 Å². The first kappa shape index (κ1) is 27.6. The Kier molecular flexibility index (Phi) is 9.97. The van der Waals surface area contributed by atoms with E-state index in [0.29, 0.717) is 12.2 Å². The van der Waals surface area contributed by atoms with E-state index in [1.165, 1.54) is 29.0 Å². The first-order chi connectivity index (χ1) is 17.8. The SMILES string of the molecule is CCCCCOc1cccn2c(Cc3nc(-c4ccccc4)c(C)s3)c(C)nc12.O=C(O)/C=C/C(=O)O. The summed E-state index contributed by atoms with van der Waals surface area (Å²) < 4.78 is 8.18. The van der Waals surface area contributed by atoms with E-state index in [-0.39, 0.29) is 0 Å². The summed E-state index contributed by atoms with van der Waals surface area (Å²) in [5, 5.41) is 16.7. The molecule has 0 bridgehead atoms. The first-order valence-electron chi connectivity index (χ1n) is 12.0. The van der Waals surface area contributed by atoms with Crippen molar-refractivity contribution in [2.45, 2.75) is 46.5 Å². The molecule has 194 valence electrons. The highest BCUT2D eigenvalue weighted by molar-refractivity contribution is 7.12. The van der Waals surface area contributed by atoms with E-state index in [4.69, 9.17) is 24.9 Å². The lowest BCUT2D eigenvalue weighted by Gasteiger charge is -2.07. The molecule has 0 atom stereocenters. The van der Waals surface area contributed by atoms with Crippen LogP contribution in [0.2, 0.25) is 0 Å². The number of unbranched alkanes of at least 4 members (excludes halogenated alkanes) is 2. The van der Waals surface area contributed by atoms with Crippen LogP contribution in [0.3, 0.4) is 0 Å². The Bertz CT molecular complexity index is 1360. The fourth-order valence-electron chi connectivity index (χ4n) is 3.74. The monoisotopic (exact) mass is 521 g/mol. The Hall–Kier alpha value is -3.98. The number of hydrogen-bond acceptors (Lipinski definition) is 6. The van der Waals surface area contributed by atoms with Gasteiger partial charge in [0.1, 0.15) is 0 Å². The van der Waals surface area contributed by atoms with E-state index < -0.39 is 11.9 Å². The summed E-state index contributed by atoms with van der Waals surface area (Å²) in [7, 11) is 0. The summed E-state index contributed by atoms with van der Waals surface area (Å²) in [6.07, 6.45) is 7.41. The van der Waals surface area contributed by atoms with Crippen LogP contribution in [0.1, 0.15) is 47.5 Å². The van der Waals surface area contributed by atoms with Crippen LogP contribution in [0.4, 0.5) is 0 Å². The Morgan fingerprint density at radius 3 is 2.35 bits per heavy atom. The Morgan fingerprint density at radius 1 is 1.00 bits per heavy atom. The van der Waals surface area contributed by atoms with E-state index in [1.54, 1.807) is 11.3 Å². The van der Waals surface area contributed by atoms with Crippen LogP contribution in [-0.2, 0) is 16.0 Å². The van der Waals surface area contributed by atoms with Crippen LogP contribution in [-0.4, -0.2) is 43.1 Å². The highest BCUT2D eigenvalue weighted by atomic mass is 32.1. The number of nitrogens with zero attached hydrogens (tertiary/aromatic N) is 3. The number of rotatable bonds is 10. The van der Waals surface area contributed by atoms with Gasteiger partial charge in [-0.2, -0.15) is 0 Å². The van der Waals surface area contributed by atoms with Crippen LogP contribution in [0, 0.1) is 13.8 Å². The van der Waals surface area contributed by atoms with Gasteiger partial charge < -0.3 is 19.4 Å². The maximum Gasteiger partial charge on any atom is 0.328 e. The Balaban J connectivity index is 0.000000414. The van der Waals surface area contributed by atoms with Gasteiger partial charge in [-0.15, -0.1) is 11.3 Å². The van der Waals surface area contributed by atoms with Crippen LogP contribution in [0.5, 0.6) is 5.75 Å². The molecule has 1 aromatic carbocycles. The molecule has 0 aliphatic rings. The number of aryl methyl sites for hydroxylation is 2. The number of carboxylic acids is 2. The van der Waals surface area contributed by atoms with Crippen molar-refractivity contribution in [1.29, 1.82) is 0 Å². The average Bonchev–Trinajstić information content (AvgIpc) is 3.41. The van der Waals surface area contributed by atoms with Crippen molar-refractivity contribution in [3.63, 3.8) is 0 Å². The first-order valence-corrected chi connectivity index (χ1v) is 12.9. The van der Waals surface area contributed by atoms with Gasteiger partial charge in [-0.05, 0) is 32.4 Å². The van der Waals surface area contributed by atoms with Gasteiger partial charge in [0, 0.05) is 35.2 Å². The zero-order valence-corrected chi connectivity index (χ0v) is 22.0. The molecule has 0 unspecified atom stereocenters. The van der Waals surface area contributed by atoms with Gasteiger partial charge in [0.2, 0.25) is 0 Å².